The van der Waals surface area contributed by atoms with Crippen LogP contribution in [0, 0.1) is 11.8 Å². The maximum atomic E-state index is 10.6. The molecule has 0 saturated carbocycles. The largest absolute Gasteiger partial charge is 0.493 e. The van der Waals surface area contributed by atoms with Crippen molar-refractivity contribution in [2.45, 2.75) is 40.7 Å². The molecule has 0 amide bonds. The smallest absolute Gasteiger partial charge is 0.125 e. The van der Waals surface area contributed by atoms with Gasteiger partial charge in [0.2, 0.25) is 0 Å². The highest BCUT2D eigenvalue weighted by atomic mass is 16.5. The van der Waals surface area contributed by atoms with Crippen LogP contribution in [0.15, 0.2) is 24.3 Å². The van der Waals surface area contributed by atoms with E-state index in [2.05, 4.69) is 32.6 Å². The summed E-state index contributed by atoms with van der Waals surface area (Å²) in [4.78, 5) is 2.35. The van der Waals surface area contributed by atoms with E-state index in [1.165, 1.54) is 0 Å². The van der Waals surface area contributed by atoms with Crippen LogP contribution >= 0.6 is 0 Å². The van der Waals surface area contributed by atoms with E-state index in [1.807, 2.05) is 31.2 Å². The molecule has 0 bridgehead atoms. The number of para-hydroxylation sites is 1. The summed E-state index contributed by atoms with van der Waals surface area (Å²) in [7, 11) is 0. The average Bonchev–Trinajstić information content (AvgIpc) is 2.38. The van der Waals surface area contributed by atoms with Gasteiger partial charge in [-0.2, -0.15) is 0 Å². The highest BCUT2D eigenvalue weighted by Crippen LogP contribution is 2.26. The van der Waals surface area contributed by atoms with Crippen molar-refractivity contribution in [2.24, 2.45) is 11.8 Å². The molecule has 1 unspecified atom stereocenters. The van der Waals surface area contributed by atoms with E-state index in [1.54, 1.807) is 0 Å². The first-order valence-electron chi connectivity index (χ1n) is 8.06. The first kappa shape index (κ1) is 18.0. The number of ether oxygens (including phenoxy) is 1. The molecule has 0 heterocycles. The van der Waals surface area contributed by atoms with Crippen LogP contribution in [0.5, 0.6) is 5.75 Å². The Morgan fingerprint density at radius 1 is 1.00 bits per heavy atom. The van der Waals surface area contributed by atoms with Gasteiger partial charge in [0.05, 0.1) is 12.7 Å². The molecule has 1 rings (SSSR count). The molecule has 3 nitrogen and oxygen atoms in total. The number of rotatable bonds is 9. The van der Waals surface area contributed by atoms with E-state index in [-0.39, 0.29) is 0 Å². The maximum absolute atomic E-state index is 10.6. The number of benzene rings is 1. The van der Waals surface area contributed by atoms with Crippen molar-refractivity contribution in [3.05, 3.63) is 29.8 Å². The molecule has 0 fully saturated rings. The van der Waals surface area contributed by atoms with Gasteiger partial charge in [0.15, 0.2) is 0 Å². The van der Waals surface area contributed by atoms with Crippen LogP contribution in [0.1, 0.15) is 46.3 Å². The summed E-state index contributed by atoms with van der Waals surface area (Å²) in [6.07, 6.45) is -0.509. The van der Waals surface area contributed by atoms with Crippen molar-refractivity contribution in [2.75, 3.05) is 26.2 Å². The third-order valence-electron chi connectivity index (χ3n) is 3.26. The summed E-state index contributed by atoms with van der Waals surface area (Å²) in [6.45, 7) is 14.1. The quantitative estimate of drug-likeness (QED) is 0.753. The molecule has 0 aliphatic carbocycles. The van der Waals surface area contributed by atoms with Gasteiger partial charge in [0.25, 0.3) is 0 Å². The zero-order valence-corrected chi connectivity index (χ0v) is 14.2. The van der Waals surface area contributed by atoms with Gasteiger partial charge in [-0.1, -0.05) is 45.9 Å². The molecule has 120 valence electrons. The molecule has 0 radical (unpaired) electrons. The maximum Gasteiger partial charge on any atom is 0.125 e. The summed E-state index contributed by atoms with van der Waals surface area (Å²) in [6, 6.07) is 7.79. The third kappa shape index (κ3) is 6.49. The van der Waals surface area contributed by atoms with Crippen molar-refractivity contribution >= 4 is 0 Å². The fraction of sp³-hybridized carbons (Fsp3) is 0.667. The van der Waals surface area contributed by atoms with Crippen molar-refractivity contribution in [3.63, 3.8) is 0 Å². The number of aliphatic hydroxyl groups is 1. The monoisotopic (exact) mass is 293 g/mol. The highest BCUT2D eigenvalue weighted by Gasteiger charge is 2.18. The van der Waals surface area contributed by atoms with Crippen LogP contribution in [-0.4, -0.2) is 36.2 Å². The lowest BCUT2D eigenvalue weighted by atomic mass is 10.1. The van der Waals surface area contributed by atoms with Crippen LogP contribution in [0.3, 0.4) is 0 Å². The minimum atomic E-state index is -0.509. The van der Waals surface area contributed by atoms with Gasteiger partial charge in [-0.3, -0.25) is 4.90 Å². The van der Waals surface area contributed by atoms with Gasteiger partial charge in [0, 0.05) is 25.2 Å². The van der Waals surface area contributed by atoms with E-state index >= 15 is 0 Å². The molecule has 1 N–H and O–H groups in total. The lowest BCUT2D eigenvalue weighted by molar-refractivity contribution is 0.0962. The molecule has 0 aliphatic rings. The molecule has 0 aromatic heterocycles. The Hall–Kier alpha value is -1.06. The standard InChI is InChI=1S/C18H31NO2/c1-6-21-18-10-8-7-9-16(18)17(20)13-19(11-14(2)3)12-15(4)5/h7-10,14-15,17,20H,6,11-13H2,1-5H3. The van der Waals surface area contributed by atoms with Crippen LogP contribution in [0.4, 0.5) is 0 Å². The predicted octanol–water partition coefficient (Wildman–Crippen LogP) is 3.73. The van der Waals surface area contributed by atoms with Gasteiger partial charge >= 0.3 is 0 Å². The van der Waals surface area contributed by atoms with Crippen LogP contribution in [-0.2, 0) is 0 Å². The summed E-state index contributed by atoms with van der Waals surface area (Å²) < 4.78 is 5.62. The zero-order valence-electron chi connectivity index (χ0n) is 14.2. The molecule has 1 aromatic rings. The van der Waals surface area contributed by atoms with Gasteiger partial charge < -0.3 is 9.84 Å². The zero-order chi connectivity index (χ0) is 15.8. The molecule has 1 atom stereocenters. The first-order chi connectivity index (χ1) is 9.93. The van der Waals surface area contributed by atoms with Crippen molar-refractivity contribution in [1.29, 1.82) is 0 Å². The third-order valence-corrected chi connectivity index (χ3v) is 3.26. The first-order valence-corrected chi connectivity index (χ1v) is 8.06. The van der Waals surface area contributed by atoms with Gasteiger partial charge in [-0.05, 0) is 24.8 Å². The number of hydrogen-bond acceptors (Lipinski definition) is 3. The fourth-order valence-corrected chi connectivity index (χ4v) is 2.64. The molecular weight excluding hydrogens is 262 g/mol. The van der Waals surface area contributed by atoms with E-state index in [0.717, 1.165) is 24.4 Å². The fourth-order valence-electron chi connectivity index (χ4n) is 2.64. The molecule has 21 heavy (non-hydrogen) atoms. The lowest BCUT2D eigenvalue weighted by Gasteiger charge is -2.28. The second-order valence-corrected chi connectivity index (χ2v) is 6.49. The van der Waals surface area contributed by atoms with Crippen molar-refractivity contribution < 1.29 is 9.84 Å². The second kappa shape index (κ2) is 9.06. The minimum Gasteiger partial charge on any atom is -0.493 e. The number of aliphatic hydroxyl groups excluding tert-OH is 1. The number of nitrogens with zero attached hydrogens (tertiary/aromatic N) is 1. The summed E-state index contributed by atoms with van der Waals surface area (Å²) in [5.74, 6) is 1.98. The predicted molar refractivity (Wildman–Crippen MR) is 88.7 cm³/mol. The molecule has 1 aromatic carbocycles. The molecule has 0 aliphatic heterocycles. The van der Waals surface area contributed by atoms with Crippen molar-refractivity contribution in [3.8, 4) is 5.75 Å². The van der Waals surface area contributed by atoms with E-state index in [4.69, 9.17) is 4.74 Å². The van der Waals surface area contributed by atoms with Crippen LogP contribution < -0.4 is 4.74 Å². The molecule has 3 heteroatoms. The molecular formula is C18H31NO2. The summed E-state index contributed by atoms with van der Waals surface area (Å²) >= 11 is 0. The Morgan fingerprint density at radius 3 is 2.10 bits per heavy atom. The number of hydrogen-bond donors (Lipinski definition) is 1. The lowest BCUT2D eigenvalue weighted by Crippen LogP contribution is -2.35. The Kier molecular flexibility index (Phi) is 7.76. The Balaban J connectivity index is 2.78. The second-order valence-electron chi connectivity index (χ2n) is 6.49. The summed E-state index contributed by atoms with van der Waals surface area (Å²) in [5.41, 5.74) is 0.886. The normalized spacial score (nSPS) is 13.2. The van der Waals surface area contributed by atoms with Crippen LogP contribution in [0.2, 0.25) is 0 Å². The Labute approximate surface area is 129 Å². The van der Waals surface area contributed by atoms with Gasteiger partial charge in [0.1, 0.15) is 5.75 Å². The Morgan fingerprint density at radius 2 is 1.57 bits per heavy atom. The van der Waals surface area contributed by atoms with Gasteiger partial charge in [-0.15, -0.1) is 0 Å². The Bertz CT molecular complexity index is 394. The molecule has 0 saturated heterocycles. The van der Waals surface area contributed by atoms with Gasteiger partial charge in [-0.25, -0.2) is 0 Å². The van der Waals surface area contributed by atoms with E-state index in [0.29, 0.717) is 25.0 Å². The van der Waals surface area contributed by atoms with Crippen LogP contribution in [0.25, 0.3) is 0 Å². The van der Waals surface area contributed by atoms with E-state index in [9.17, 15) is 5.11 Å². The molecule has 0 spiro atoms. The topological polar surface area (TPSA) is 32.7 Å². The minimum absolute atomic E-state index is 0.509. The average molecular weight is 293 g/mol. The van der Waals surface area contributed by atoms with Crippen molar-refractivity contribution in [1.82, 2.24) is 4.90 Å². The highest BCUT2D eigenvalue weighted by molar-refractivity contribution is 5.35. The SMILES string of the molecule is CCOc1ccccc1C(O)CN(CC(C)C)CC(C)C. The van der Waals surface area contributed by atoms with E-state index < -0.39 is 6.10 Å². The summed E-state index contributed by atoms with van der Waals surface area (Å²) in [5, 5.41) is 10.6.